The molecule has 1 saturated heterocycles. The predicted octanol–water partition coefficient (Wildman–Crippen LogP) is 2.35. The predicted molar refractivity (Wildman–Crippen MR) is 130 cm³/mol. The Morgan fingerprint density at radius 3 is 2.75 bits per heavy atom. The number of fused-ring (bicyclic) bond motifs is 1. The quantitative estimate of drug-likeness (QED) is 0.478. The molecule has 8 heteroatoms. The van der Waals surface area contributed by atoms with Gasteiger partial charge in [-0.05, 0) is 42.3 Å². The van der Waals surface area contributed by atoms with Crippen LogP contribution in [0.2, 0.25) is 0 Å². The van der Waals surface area contributed by atoms with Gasteiger partial charge in [0.1, 0.15) is 7.85 Å². The van der Waals surface area contributed by atoms with Crippen LogP contribution >= 0.6 is 0 Å². The highest BCUT2D eigenvalue weighted by atomic mass is 16.5. The molecule has 3 heterocycles. The Morgan fingerprint density at radius 2 is 1.94 bits per heavy atom. The summed E-state index contributed by atoms with van der Waals surface area (Å²) in [4.78, 5) is 11.7. The van der Waals surface area contributed by atoms with Crippen LogP contribution < -0.4 is 10.8 Å². The lowest BCUT2D eigenvalue weighted by molar-refractivity contribution is 0.0342. The highest BCUT2D eigenvalue weighted by molar-refractivity contribution is 6.33. The zero-order chi connectivity index (χ0) is 21.9. The standard InChI is InChI=1S/C24H27BN6O/c1-2-31-16-20(14-27-31)18-9-17(15-30-5-7-32-8-6-30)10-22(12-18)28-24-26-13-19-11-21(25)3-4-23(19)29-24/h3-4,9-14,16H,2,5-8,15,25H2,1H3,(H,26,28,29). The fourth-order valence-corrected chi connectivity index (χ4v) is 4.07. The number of nitrogens with one attached hydrogen (secondary N) is 1. The van der Waals surface area contributed by atoms with Gasteiger partial charge in [0.2, 0.25) is 5.95 Å². The van der Waals surface area contributed by atoms with Gasteiger partial charge in [0, 0.05) is 55.2 Å². The van der Waals surface area contributed by atoms with Crippen molar-refractivity contribution < 1.29 is 4.74 Å². The van der Waals surface area contributed by atoms with Crippen LogP contribution in [0.1, 0.15) is 12.5 Å². The van der Waals surface area contributed by atoms with E-state index in [-0.39, 0.29) is 0 Å². The van der Waals surface area contributed by atoms with Crippen LogP contribution in [0.3, 0.4) is 0 Å². The molecule has 2 aromatic heterocycles. The molecular weight excluding hydrogens is 399 g/mol. The van der Waals surface area contributed by atoms with E-state index in [1.807, 2.05) is 23.1 Å². The molecule has 1 fully saturated rings. The topological polar surface area (TPSA) is 68.1 Å². The molecule has 0 aliphatic carbocycles. The largest absolute Gasteiger partial charge is 0.379 e. The molecular formula is C24H27BN6O. The average molecular weight is 426 g/mol. The van der Waals surface area contributed by atoms with Crippen molar-refractivity contribution in [3.8, 4) is 11.1 Å². The number of anilines is 2. The summed E-state index contributed by atoms with van der Waals surface area (Å²) < 4.78 is 7.46. The van der Waals surface area contributed by atoms with E-state index in [1.54, 1.807) is 0 Å². The summed E-state index contributed by atoms with van der Waals surface area (Å²) in [5.41, 5.74) is 6.59. The minimum atomic E-state index is 0.597. The molecule has 0 radical (unpaired) electrons. The Kier molecular flexibility index (Phi) is 5.88. The molecule has 4 aromatic rings. The maximum Gasteiger partial charge on any atom is 0.227 e. The van der Waals surface area contributed by atoms with Gasteiger partial charge in [-0.1, -0.05) is 17.6 Å². The van der Waals surface area contributed by atoms with Gasteiger partial charge in [-0.15, -0.1) is 0 Å². The average Bonchev–Trinajstić information content (AvgIpc) is 3.29. The number of nitrogens with zero attached hydrogens (tertiary/aromatic N) is 5. The molecule has 2 aromatic carbocycles. The number of rotatable bonds is 6. The number of benzene rings is 2. The van der Waals surface area contributed by atoms with E-state index in [9.17, 15) is 0 Å². The van der Waals surface area contributed by atoms with Crippen LogP contribution in [0.15, 0.2) is 55.0 Å². The maximum absolute atomic E-state index is 5.51. The van der Waals surface area contributed by atoms with Crippen molar-refractivity contribution in [1.82, 2.24) is 24.6 Å². The van der Waals surface area contributed by atoms with Gasteiger partial charge in [0.15, 0.2) is 0 Å². The molecule has 32 heavy (non-hydrogen) atoms. The van der Waals surface area contributed by atoms with Crippen LogP contribution in [0.5, 0.6) is 0 Å². The number of ether oxygens (including phenoxy) is 1. The summed E-state index contributed by atoms with van der Waals surface area (Å²) in [7, 11) is 2.08. The first kappa shape index (κ1) is 20.7. The zero-order valence-corrected chi connectivity index (χ0v) is 18.6. The molecule has 0 bridgehead atoms. The molecule has 7 nitrogen and oxygen atoms in total. The smallest absolute Gasteiger partial charge is 0.227 e. The summed E-state index contributed by atoms with van der Waals surface area (Å²) in [6, 6.07) is 12.8. The first-order valence-corrected chi connectivity index (χ1v) is 11.1. The minimum absolute atomic E-state index is 0.597. The first-order valence-electron chi connectivity index (χ1n) is 11.1. The second-order valence-corrected chi connectivity index (χ2v) is 8.27. The van der Waals surface area contributed by atoms with Crippen LogP contribution in [0, 0.1) is 0 Å². The zero-order valence-electron chi connectivity index (χ0n) is 18.6. The van der Waals surface area contributed by atoms with Crippen molar-refractivity contribution in [1.29, 1.82) is 0 Å². The van der Waals surface area contributed by atoms with E-state index in [0.717, 1.165) is 67.1 Å². The lowest BCUT2D eigenvalue weighted by atomic mass is 9.95. The Hall–Kier alpha value is -3.23. The van der Waals surface area contributed by atoms with Crippen molar-refractivity contribution in [3.63, 3.8) is 0 Å². The normalized spacial score (nSPS) is 14.7. The van der Waals surface area contributed by atoms with Crippen LogP contribution in [0.25, 0.3) is 22.0 Å². The SMILES string of the molecule is Bc1ccc2nc(Nc3cc(CN4CCOCC4)cc(-c4cnn(CC)c4)c3)ncc2c1. The number of hydrogen-bond donors (Lipinski definition) is 1. The molecule has 0 unspecified atom stereocenters. The van der Waals surface area contributed by atoms with Crippen LogP contribution in [-0.4, -0.2) is 58.8 Å². The van der Waals surface area contributed by atoms with Gasteiger partial charge in [-0.2, -0.15) is 5.10 Å². The highest BCUT2D eigenvalue weighted by Gasteiger charge is 2.13. The first-order chi connectivity index (χ1) is 15.7. The number of aryl methyl sites for hydroxylation is 1. The molecule has 1 N–H and O–H groups in total. The van der Waals surface area contributed by atoms with E-state index in [2.05, 4.69) is 71.6 Å². The Morgan fingerprint density at radius 1 is 1.06 bits per heavy atom. The van der Waals surface area contributed by atoms with Crippen molar-refractivity contribution in [2.75, 3.05) is 31.6 Å². The fraction of sp³-hybridized carbons (Fsp3) is 0.292. The monoisotopic (exact) mass is 426 g/mol. The Labute approximate surface area is 188 Å². The maximum atomic E-state index is 5.51. The van der Waals surface area contributed by atoms with E-state index in [4.69, 9.17) is 9.72 Å². The number of morpholine rings is 1. The third kappa shape index (κ3) is 4.66. The van der Waals surface area contributed by atoms with Gasteiger partial charge in [-0.25, -0.2) is 9.97 Å². The van der Waals surface area contributed by atoms with Crippen LogP contribution in [-0.2, 0) is 17.8 Å². The number of hydrogen-bond acceptors (Lipinski definition) is 6. The molecule has 0 saturated carbocycles. The van der Waals surface area contributed by atoms with Crippen molar-refractivity contribution in [2.45, 2.75) is 20.0 Å². The van der Waals surface area contributed by atoms with E-state index < -0.39 is 0 Å². The Bertz CT molecular complexity index is 1230. The lowest BCUT2D eigenvalue weighted by Gasteiger charge is -2.27. The van der Waals surface area contributed by atoms with Crippen molar-refractivity contribution >= 4 is 35.8 Å². The summed E-state index contributed by atoms with van der Waals surface area (Å²) in [6.45, 7) is 7.31. The van der Waals surface area contributed by atoms with Crippen LogP contribution in [0.4, 0.5) is 11.6 Å². The second kappa shape index (κ2) is 9.10. The Balaban J connectivity index is 1.47. The molecule has 1 aliphatic heterocycles. The van der Waals surface area contributed by atoms with Gasteiger partial charge >= 0.3 is 0 Å². The summed E-state index contributed by atoms with van der Waals surface area (Å²) in [6.07, 6.45) is 5.89. The van der Waals surface area contributed by atoms with Gasteiger partial charge in [0.25, 0.3) is 0 Å². The lowest BCUT2D eigenvalue weighted by Crippen LogP contribution is -2.35. The summed E-state index contributed by atoms with van der Waals surface area (Å²) in [5, 5.41) is 8.93. The van der Waals surface area contributed by atoms with Gasteiger partial charge < -0.3 is 10.1 Å². The number of aromatic nitrogens is 4. The highest BCUT2D eigenvalue weighted by Crippen LogP contribution is 2.27. The summed E-state index contributed by atoms with van der Waals surface area (Å²) in [5.74, 6) is 0.597. The molecule has 162 valence electrons. The third-order valence-corrected chi connectivity index (χ3v) is 5.78. The van der Waals surface area contributed by atoms with E-state index in [1.165, 1.54) is 11.0 Å². The molecule has 1 aliphatic rings. The van der Waals surface area contributed by atoms with Crippen molar-refractivity contribution in [2.24, 2.45) is 0 Å². The van der Waals surface area contributed by atoms with Gasteiger partial charge in [-0.3, -0.25) is 9.58 Å². The van der Waals surface area contributed by atoms with E-state index >= 15 is 0 Å². The van der Waals surface area contributed by atoms with E-state index in [0.29, 0.717) is 5.95 Å². The van der Waals surface area contributed by atoms with Gasteiger partial charge in [0.05, 0.1) is 24.9 Å². The minimum Gasteiger partial charge on any atom is -0.379 e. The molecule has 0 amide bonds. The fourth-order valence-electron chi connectivity index (χ4n) is 4.07. The summed E-state index contributed by atoms with van der Waals surface area (Å²) >= 11 is 0. The molecule has 0 spiro atoms. The second-order valence-electron chi connectivity index (χ2n) is 8.27. The molecule has 0 atom stereocenters. The molecule has 5 rings (SSSR count). The third-order valence-electron chi connectivity index (χ3n) is 5.78. The van der Waals surface area contributed by atoms with Crippen molar-refractivity contribution in [3.05, 3.63) is 60.6 Å².